The van der Waals surface area contributed by atoms with Crippen LogP contribution in [0.4, 0.5) is 8.78 Å². The summed E-state index contributed by atoms with van der Waals surface area (Å²) < 4.78 is 31.0. The fourth-order valence-corrected chi connectivity index (χ4v) is 5.28. The Bertz CT molecular complexity index is 1790. The fraction of sp³-hybridized carbons (Fsp3) is 0.233. The lowest BCUT2D eigenvalue weighted by molar-refractivity contribution is 0.0514. The molecule has 2 aromatic heterocycles. The van der Waals surface area contributed by atoms with E-state index in [0.717, 1.165) is 23.2 Å². The van der Waals surface area contributed by atoms with Gasteiger partial charge in [0.05, 0.1) is 34.9 Å². The molecule has 0 spiro atoms. The van der Waals surface area contributed by atoms with Gasteiger partial charge in [0.25, 0.3) is 11.8 Å². The van der Waals surface area contributed by atoms with E-state index >= 15 is 0 Å². The summed E-state index contributed by atoms with van der Waals surface area (Å²) in [5.41, 5.74) is 3.73. The number of aryl methyl sites for hydroxylation is 1. The molecular weight excluding hydrogens is 514 g/mol. The zero-order valence-electron chi connectivity index (χ0n) is 22.2. The molecule has 0 radical (unpaired) electrons. The predicted octanol–water partition coefficient (Wildman–Crippen LogP) is 5.64. The van der Waals surface area contributed by atoms with Crippen molar-refractivity contribution in [3.8, 4) is 5.69 Å². The fourth-order valence-electron chi connectivity index (χ4n) is 5.28. The number of benzene rings is 3. The number of hydrogen-bond acceptors (Lipinski definition) is 5. The van der Waals surface area contributed by atoms with Crippen LogP contribution in [0, 0.1) is 24.5 Å². The Labute approximate surface area is 228 Å². The molecular formula is C30H26F2N6O2. The topological polar surface area (TPSA) is 85.9 Å². The van der Waals surface area contributed by atoms with Gasteiger partial charge in [0, 0.05) is 6.07 Å². The van der Waals surface area contributed by atoms with Gasteiger partial charge in [-0.1, -0.05) is 49.2 Å². The Kier molecular flexibility index (Phi) is 6.25. The second-order valence-corrected chi connectivity index (χ2v) is 10.2. The SMILES string of the molecule is CCC(C)[C@H](c1nc2ccccc2n1Cc1cn(-c2ccc(F)cc2F)nn1)N1C(=O)c2ccc(C)cc2C1=O. The summed E-state index contributed by atoms with van der Waals surface area (Å²) in [5, 5.41) is 8.28. The quantitative estimate of drug-likeness (QED) is 0.250. The summed E-state index contributed by atoms with van der Waals surface area (Å²) >= 11 is 0. The molecule has 40 heavy (non-hydrogen) atoms. The van der Waals surface area contributed by atoms with Crippen LogP contribution in [0.5, 0.6) is 0 Å². The highest BCUT2D eigenvalue weighted by atomic mass is 19.1. The minimum atomic E-state index is -0.761. The molecule has 1 unspecified atom stereocenters. The molecule has 2 amide bonds. The first kappa shape index (κ1) is 25.5. The van der Waals surface area contributed by atoms with E-state index in [9.17, 15) is 18.4 Å². The van der Waals surface area contributed by atoms with E-state index < -0.39 is 17.7 Å². The number of imide groups is 1. The number of rotatable bonds is 7. The van der Waals surface area contributed by atoms with Crippen molar-refractivity contribution in [2.45, 2.75) is 39.8 Å². The average molecular weight is 541 g/mol. The largest absolute Gasteiger partial charge is 0.320 e. The molecule has 3 aromatic carbocycles. The van der Waals surface area contributed by atoms with E-state index in [4.69, 9.17) is 4.98 Å². The Balaban J connectivity index is 1.45. The summed E-state index contributed by atoms with van der Waals surface area (Å²) in [6.45, 7) is 6.09. The number of hydrogen-bond donors (Lipinski definition) is 0. The summed E-state index contributed by atoms with van der Waals surface area (Å²) in [6.07, 6.45) is 2.26. The van der Waals surface area contributed by atoms with Gasteiger partial charge in [-0.05, 0) is 49.2 Å². The lowest BCUT2D eigenvalue weighted by atomic mass is 9.96. The van der Waals surface area contributed by atoms with E-state index in [1.54, 1.807) is 18.3 Å². The number of halogens is 2. The number of aromatic nitrogens is 5. The van der Waals surface area contributed by atoms with Crippen molar-refractivity contribution in [2.75, 3.05) is 0 Å². The molecule has 1 aliphatic rings. The molecule has 0 bridgehead atoms. The van der Waals surface area contributed by atoms with Crippen molar-refractivity contribution >= 4 is 22.8 Å². The number of carbonyl (C=O) groups excluding carboxylic acids is 2. The standard InChI is InChI=1S/C30H26F2N6O2/c1-4-18(3)27(38-29(39)21-11-9-17(2)13-22(21)30(38)40)28-33-24-7-5-6-8-26(24)36(28)15-20-16-37(35-34-20)25-12-10-19(31)14-23(25)32/h5-14,16,18,27H,4,15H2,1-3H3/t18?,27-/m1/s1. The Morgan fingerprint density at radius 2 is 1.73 bits per heavy atom. The molecule has 0 aliphatic carbocycles. The minimum absolute atomic E-state index is 0.0645. The third-order valence-corrected chi connectivity index (χ3v) is 7.50. The Hall–Kier alpha value is -4.73. The first-order chi connectivity index (χ1) is 19.3. The van der Waals surface area contributed by atoms with E-state index in [-0.39, 0.29) is 30.0 Å². The van der Waals surface area contributed by atoms with Gasteiger partial charge >= 0.3 is 0 Å². The van der Waals surface area contributed by atoms with Crippen LogP contribution in [0.2, 0.25) is 0 Å². The number of amides is 2. The molecule has 5 aromatic rings. The van der Waals surface area contributed by atoms with E-state index in [0.29, 0.717) is 34.6 Å². The molecule has 2 atom stereocenters. The van der Waals surface area contributed by atoms with Crippen LogP contribution >= 0.6 is 0 Å². The monoisotopic (exact) mass is 540 g/mol. The summed E-state index contributed by atoms with van der Waals surface area (Å²) in [5.74, 6) is -1.70. The third-order valence-electron chi connectivity index (χ3n) is 7.50. The van der Waals surface area contributed by atoms with Crippen LogP contribution in [0.3, 0.4) is 0 Å². The van der Waals surface area contributed by atoms with Gasteiger partial charge in [-0.3, -0.25) is 14.5 Å². The normalized spacial score (nSPS) is 14.7. The van der Waals surface area contributed by atoms with Crippen LogP contribution in [-0.2, 0) is 6.54 Å². The highest BCUT2D eigenvalue weighted by Crippen LogP contribution is 2.38. The summed E-state index contributed by atoms with van der Waals surface area (Å²) in [4.78, 5) is 33.6. The first-order valence-electron chi connectivity index (χ1n) is 13.1. The molecule has 1 aliphatic heterocycles. The van der Waals surface area contributed by atoms with Crippen molar-refractivity contribution in [3.63, 3.8) is 0 Å². The highest BCUT2D eigenvalue weighted by molar-refractivity contribution is 6.21. The van der Waals surface area contributed by atoms with Crippen LogP contribution in [-0.4, -0.2) is 41.3 Å². The number of para-hydroxylation sites is 2. The molecule has 0 saturated heterocycles. The first-order valence-corrected chi connectivity index (χ1v) is 13.1. The summed E-state index contributed by atoms with van der Waals surface area (Å²) in [7, 11) is 0. The van der Waals surface area contributed by atoms with E-state index in [2.05, 4.69) is 10.3 Å². The van der Waals surface area contributed by atoms with E-state index in [1.165, 1.54) is 15.6 Å². The van der Waals surface area contributed by atoms with Crippen molar-refractivity contribution in [1.29, 1.82) is 0 Å². The smallest absolute Gasteiger partial charge is 0.262 e. The Morgan fingerprint density at radius 1 is 0.950 bits per heavy atom. The highest BCUT2D eigenvalue weighted by Gasteiger charge is 2.44. The van der Waals surface area contributed by atoms with Crippen molar-refractivity contribution in [1.82, 2.24) is 29.4 Å². The van der Waals surface area contributed by atoms with Crippen molar-refractivity contribution < 1.29 is 18.4 Å². The van der Waals surface area contributed by atoms with Crippen LogP contribution < -0.4 is 0 Å². The average Bonchev–Trinajstić information content (AvgIpc) is 3.61. The number of fused-ring (bicyclic) bond motifs is 2. The number of imidazole rings is 1. The number of nitrogens with zero attached hydrogens (tertiary/aromatic N) is 6. The zero-order valence-corrected chi connectivity index (χ0v) is 22.2. The number of carbonyl (C=O) groups is 2. The molecule has 8 nitrogen and oxygen atoms in total. The second kappa shape index (κ2) is 9.78. The molecule has 3 heterocycles. The van der Waals surface area contributed by atoms with Crippen molar-refractivity contribution in [3.05, 3.63) is 107 Å². The van der Waals surface area contributed by atoms with E-state index in [1.807, 2.05) is 55.7 Å². The zero-order chi connectivity index (χ0) is 28.1. The van der Waals surface area contributed by atoms with Gasteiger partial charge in [0.2, 0.25) is 0 Å². The lowest BCUT2D eigenvalue weighted by Crippen LogP contribution is -2.39. The molecule has 6 rings (SSSR count). The summed E-state index contributed by atoms with van der Waals surface area (Å²) in [6, 6.07) is 15.4. The van der Waals surface area contributed by atoms with Crippen LogP contribution in [0.1, 0.15) is 64.1 Å². The molecule has 0 fully saturated rings. The molecule has 202 valence electrons. The van der Waals surface area contributed by atoms with Gasteiger partial charge in [0.15, 0.2) is 5.82 Å². The van der Waals surface area contributed by atoms with Crippen LogP contribution in [0.15, 0.2) is 66.9 Å². The molecule has 0 saturated carbocycles. The van der Waals surface area contributed by atoms with Gasteiger partial charge in [-0.2, -0.15) is 0 Å². The van der Waals surface area contributed by atoms with Gasteiger partial charge in [-0.15, -0.1) is 5.10 Å². The third kappa shape index (κ3) is 4.16. The lowest BCUT2D eigenvalue weighted by Gasteiger charge is -2.31. The maximum atomic E-state index is 14.4. The predicted molar refractivity (Wildman–Crippen MR) is 144 cm³/mol. The maximum Gasteiger partial charge on any atom is 0.262 e. The Morgan fingerprint density at radius 3 is 2.50 bits per heavy atom. The van der Waals surface area contributed by atoms with Crippen molar-refractivity contribution in [2.24, 2.45) is 5.92 Å². The van der Waals surface area contributed by atoms with Gasteiger partial charge in [-0.25, -0.2) is 18.4 Å². The van der Waals surface area contributed by atoms with Gasteiger partial charge < -0.3 is 4.57 Å². The second-order valence-electron chi connectivity index (χ2n) is 10.2. The minimum Gasteiger partial charge on any atom is -0.320 e. The maximum absolute atomic E-state index is 14.4. The molecule has 10 heteroatoms. The molecule has 0 N–H and O–H groups in total. The van der Waals surface area contributed by atoms with Gasteiger partial charge in [0.1, 0.15) is 29.1 Å². The van der Waals surface area contributed by atoms with Crippen LogP contribution in [0.25, 0.3) is 16.7 Å².